The average molecular weight is 422 g/mol. The molecule has 3 aromatic heterocycles. The summed E-state index contributed by atoms with van der Waals surface area (Å²) in [5.74, 6) is 1.24. The number of likely N-dealkylation sites (N-methyl/N-ethyl adjacent to an activating group) is 1. The van der Waals surface area contributed by atoms with Crippen molar-refractivity contribution in [1.82, 2.24) is 29.6 Å². The van der Waals surface area contributed by atoms with E-state index in [9.17, 15) is 5.26 Å². The van der Waals surface area contributed by atoms with Crippen LogP contribution in [0.1, 0.15) is 12.6 Å². The number of pyridine rings is 1. The third-order valence-corrected chi connectivity index (χ3v) is 4.42. The molecular weight excluding hydrogens is 394 g/mol. The summed E-state index contributed by atoms with van der Waals surface area (Å²) in [6.45, 7) is 2.61. The fraction of sp³-hybridized carbons (Fsp3) is 0.381. The summed E-state index contributed by atoms with van der Waals surface area (Å²) in [5, 5.41) is 16.7. The van der Waals surface area contributed by atoms with Crippen molar-refractivity contribution in [2.75, 3.05) is 45.0 Å². The first-order chi connectivity index (χ1) is 14.8. The number of anilines is 3. The molecule has 3 aromatic rings. The number of ether oxygens (including phenoxy) is 1. The molecule has 31 heavy (non-hydrogen) atoms. The highest BCUT2D eigenvalue weighted by Gasteiger charge is 2.15. The van der Waals surface area contributed by atoms with Crippen molar-refractivity contribution in [3.63, 3.8) is 0 Å². The molecule has 0 bridgehead atoms. The monoisotopic (exact) mass is 421 g/mol. The summed E-state index contributed by atoms with van der Waals surface area (Å²) in [6.07, 6.45) is 6.89. The topological polar surface area (TPSA) is 108 Å². The number of aryl methyl sites for hydroxylation is 1. The fourth-order valence-electron chi connectivity index (χ4n) is 3.13. The van der Waals surface area contributed by atoms with E-state index >= 15 is 0 Å². The van der Waals surface area contributed by atoms with E-state index in [1.54, 1.807) is 10.9 Å². The molecule has 0 aromatic carbocycles. The molecular formula is C21H27N9O. The van der Waals surface area contributed by atoms with Crippen LogP contribution in [0.5, 0.6) is 5.88 Å². The van der Waals surface area contributed by atoms with Gasteiger partial charge in [0.2, 0.25) is 5.69 Å². The highest BCUT2D eigenvalue weighted by atomic mass is 16.5. The Morgan fingerprint density at radius 2 is 1.94 bits per heavy atom. The van der Waals surface area contributed by atoms with Crippen LogP contribution < -0.4 is 15.0 Å². The summed E-state index contributed by atoms with van der Waals surface area (Å²) in [4.78, 5) is 17.2. The molecule has 10 nitrogen and oxygen atoms in total. The summed E-state index contributed by atoms with van der Waals surface area (Å²) in [7, 11) is 9.73. The Hall–Kier alpha value is -3.71. The Balaban J connectivity index is 1.87. The lowest BCUT2D eigenvalue weighted by molar-refractivity contribution is 0.169. The van der Waals surface area contributed by atoms with Crippen LogP contribution in [0.4, 0.5) is 17.3 Å². The van der Waals surface area contributed by atoms with E-state index in [0.717, 1.165) is 16.8 Å². The molecule has 0 spiro atoms. The van der Waals surface area contributed by atoms with Crippen molar-refractivity contribution in [3.8, 4) is 23.1 Å². The van der Waals surface area contributed by atoms with Crippen LogP contribution in [0, 0.1) is 11.3 Å². The number of nitriles is 1. The molecule has 0 fully saturated rings. The Morgan fingerprint density at radius 3 is 2.55 bits per heavy atom. The van der Waals surface area contributed by atoms with Gasteiger partial charge in [-0.3, -0.25) is 4.68 Å². The second-order valence-corrected chi connectivity index (χ2v) is 7.72. The maximum Gasteiger partial charge on any atom is 0.253 e. The fourth-order valence-corrected chi connectivity index (χ4v) is 3.13. The Labute approximate surface area is 182 Å². The van der Waals surface area contributed by atoms with E-state index in [4.69, 9.17) is 4.74 Å². The van der Waals surface area contributed by atoms with Crippen molar-refractivity contribution in [3.05, 3.63) is 36.5 Å². The highest BCUT2D eigenvalue weighted by molar-refractivity contribution is 5.79. The molecule has 0 unspecified atom stereocenters. The SMILES string of the molecule is C[C@H](CN(C)C)Oc1nc(Nc2cc(N(C)C)c(-c3cnn(C)c3)cn2)cnc1C#N. The largest absolute Gasteiger partial charge is 0.471 e. The Kier molecular flexibility index (Phi) is 6.67. The average Bonchev–Trinajstić information content (AvgIpc) is 3.13. The summed E-state index contributed by atoms with van der Waals surface area (Å²) in [6, 6.07) is 3.95. The van der Waals surface area contributed by atoms with Crippen molar-refractivity contribution >= 4 is 17.3 Å². The Bertz CT molecular complexity index is 1080. The van der Waals surface area contributed by atoms with E-state index in [-0.39, 0.29) is 17.7 Å². The molecule has 3 rings (SSSR count). The van der Waals surface area contributed by atoms with Gasteiger partial charge < -0.3 is 19.9 Å². The minimum absolute atomic E-state index is 0.144. The number of hydrogen-bond acceptors (Lipinski definition) is 9. The number of nitrogens with one attached hydrogen (secondary N) is 1. The normalized spacial score (nSPS) is 11.8. The van der Waals surface area contributed by atoms with Crippen LogP contribution in [0.3, 0.4) is 0 Å². The smallest absolute Gasteiger partial charge is 0.253 e. The van der Waals surface area contributed by atoms with Crippen molar-refractivity contribution < 1.29 is 4.74 Å². The second-order valence-electron chi connectivity index (χ2n) is 7.72. The van der Waals surface area contributed by atoms with Crippen LogP contribution in [-0.4, -0.2) is 70.5 Å². The lowest BCUT2D eigenvalue weighted by Crippen LogP contribution is -2.28. The molecule has 0 aliphatic carbocycles. The van der Waals surface area contributed by atoms with Gasteiger partial charge >= 0.3 is 0 Å². The minimum atomic E-state index is -0.149. The van der Waals surface area contributed by atoms with Gasteiger partial charge in [0.05, 0.1) is 12.4 Å². The molecule has 0 radical (unpaired) electrons. The minimum Gasteiger partial charge on any atom is -0.471 e. The quantitative estimate of drug-likeness (QED) is 0.586. The molecule has 0 saturated carbocycles. The lowest BCUT2D eigenvalue weighted by atomic mass is 10.1. The highest BCUT2D eigenvalue weighted by Crippen LogP contribution is 2.31. The molecule has 0 aliphatic heterocycles. The van der Waals surface area contributed by atoms with Gasteiger partial charge in [-0.1, -0.05) is 0 Å². The summed E-state index contributed by atoms with van der Waals surface area (Å²) < 4.78 is 7.61. The first kappa shape index (κ1) is 22.0. The zero-order valence-corrected chi connectivity index (χ0v) is 18.7. The molecule has 0 amide bonds. The van der Waals surface area contributed by atoms with Gasteiger partial charge in [0, 0.05) is 63.0 Å². The van der Waals surface area contributed by atoms with Crippen molar-refractivity contribution in [2.45, 2.75) is 13.0 Å². The van der Waals surface area contributed by atoms with Crippen LogP contribution in [0.2, 0.25) is 0 Å². The van der Waals surface area contributed by atoms with Crippen LogP contribution >= 0.6 is 0 Å². The third-order valence-electron chi connectivity index (χ3n) is 4.42. The van der Waals surface area contributed by atoms with Crippen molar-refractivity contribution in [2.24, 2.45) is 7.05 Å². The number of hydrogen-bond donors (Lipinski definition) is 1. The van der Waals surface area contributed by atoms with Crippen molar-refractivity contribution in [1.29, 1.82) is 5.26 Å². The van der Waals surface area contributed by atoms with Crippen LogP contribution in [0.25, 0.3) is 11.1 Å². The van der Waals surface area contributed by atoms with E-state index in [2.05, 4.69) is 25.4 Å². The first-order valence-electron chi connectivity index (χ1n) is 9.78. The zero-order chi connectivity index (χ0) is 22.5. The summed E-state index contributed by atoms with van der Waals surface area (Å²) in [5.41, 5.74) is 3.07. The third kappa shape index (κ3) is 5.46. The predicted molar refractivity (Wildman–Crippen MR) is 119 cm³/mol. The van der Waals surface area contributed by atoms with Crippen LogP contribution in [0.15, 0.2) is 30.9 Å². The van der Waals surface area contributed by atoms with Gasteiger partial charge in [-0.2, -0.15) is 15.3 Å². The summed E-state index contributed by atoms with van der Waals surface area (Å²) >= 11 is 0. The predicted octanol–water partition coefficient (Wildman–Crippen LogP) is 2.28. The van der Waals surface area contributed by atoms with Gasteiger partial charge in [-0.25, -0.2) is 9.97 Å². The number of nitrogens with zero attached hydrogens (tertiary/aromatic N) is 8. The van der Waals surface area contributed by atoms with E-state index in [1.807, 2.05) is 76.5 Å². The molecule has 162 valence electrons. The first-order valence-corrected chi connectivity index (χ1v) is 9.78. The standard InChI is InChI=1S/C21H27N9O/c1-14(12-28(2)3)31-21-17(8-22)23-11-20(27-21)26-19-7-18(29(4)5)16(10-24-19)15-9-25-30(6)13-15/h7,9-11,13-14H,12H2,1-6H3,(H,24,26,27)/t14-/m1/s1. The van der Waals surface area contributed by atoms with Crippen LogP contribution in [-0.2, 0) is 7.05 Å². The molecule has 1 N–H and O–H groups in total. The van der Waals surface area contributed by atoms with Gasteiger partial charge in [-0.15, -0.1) is 0 Å². The maximum absolute atomic E-state index is 9.34. The Morgan fingerprint density at radius 1 is 1.16 bits per heavy atom. The van der Waals surface area contributed by atoms with E-state index in [0.29, 0.717) is 18.2 Å². The molecule has 1 atom stereocenters. The van der Waals surface area contributed by atoms with Gasteiger partial charge in [0.25, 0.3) is 5.88 Å². The number of aromatic nitrogens is 5. The van der Waals surface area contributed by atoms with Gasteiger partial charge in [0.1, 0.15) is 18.0 Å². The zero-order valence-electron chi connectivity index (χ0n) is 18.7. The van der Waals surface area contributed by atoms with Gasteiger partial charge in [-0.05, 0) is 21.0 Å². The molecule has 3 heterocycles. The molecule has 0 saturated heterocycles. The van der Waals surface area contributed by atoms with E-state index in [1.165, 1.54) is 6.20 Å². The van der Waals surface area contributed by atoms with E-state index < -0.39 is 0 Å². The lowest BCUT2D eigenvalue weighted by Gasteiger charge is -2.19. The van der Waals surface area contributed by atoms with Gasteiger partial charge in [0.15, 0.2) is 5.82 Å². The molecule has 10 heteroatoms. The number of rotatable bonds is 8. The second kappa shape index (κ2) is 9.40. The maximum atomic E-state index is 9.34. The molecule has 0 aliphatic rings.